The number of nitrogens with zero attached hydrogens (tertiary/aromatic N) is 3. The van der Waals surface area contributed by atoms with Crippen LogP contribution in [0.3, 0.4) is 0 Å². The zero-order valence-electron chi connectivity index (χ0n) is 9.55. The molecule has 1 aliphatic heterocycles. The summed E-state index contributed by atoms with van der Waals surface area (Å²) in [7, 11) is 0. The van der Waals surface area contributed by atoms with Crippen molar-refractivity contribution < 1.29 is 4.79 Å². The number of benzene rings is 1. The predicted octanol–water partition coefficient (Wildman–Crippen LogP) is 0.551. The first-order chi connectivity index (χ1) is 8.70. The van der Waals surface area contributed by atoms with Gasteiger partial charge < -0.3 is 15.6 Å². The van der Waals surface area contributed by atoms with Gasteiger partial charge in [0, 0.05) is 13.0 Å². The molecular weight excluding hydrogens is 230 g/mol. The number of fused-ring (bicyclic) bond motifs is 1. The van der Waals surface area contributed by atoms with E-state index in [0.717, 1.165) is 5.52 Å². The summed E-state index contributed by atoms with van der Waals surface area (Å²) in [5.41, 5.74) is 7.79. The molecule has 1 atom stereocenters. The molecule has 1 aromatic heterocycles. The van der Waals surface area contributed by atoms with Crippen LogP contribution in [0.4, 0.5) is 5.95 Å². The first kappa shape index (κ1) is 10.6. The Kier molecular flexibility index (Phi) is 2.20. The average Bonchev–Trinajstić information content (AvgIpc) is 2.91. The number of aromatic nitrogens is 2. The molecule has 0 saturated carbocycles. The van der Waals surface area contributed by atoms with Gasteiger partial charge in [0.15, 0.2) is 0 Å². The molecule has 0 spiro atoms. The van der Waals surface area contributed by atoms with Crippen molar-refractivity contribution in [3.63, 3.8) is 0 Å². The summed E-state index contributed by atoms with van der Waals surface area (Å²) in [5, 5.41) is 11.8. The van der Waals surface area contributed by atoms with Crippen molar-refractivity contribution in [2.45, 2.75) is 12.5 Å². The molecule has 3 rings (SSSR count). The van der Waals surface area contributed by atoms with Gasteiger partial charge in [0.1, 0.15) is 11.6 Å². The van der Waals surface area contributed by atoms with Gasteiger partial charge in [0.25, 0.3) is 0 Å². The Morgan fingerprint density at radius 3 is 3.06 bits per heavy atom. The molecule has 0 bridgehead atoms. The molecule has 18 heavy (non-hydrogen) atoms. The zero-order chi connectivity index (χ0) is 12.7. The van der Waals surface area contributed by atoms with Gasteiger partial charge in [-0.3, -0.25) is 4.79 Å². The van der Waals surface area contributed by atoms with E-state index in [2.05, 4.69) is 16.4 Å². The van der Waals surface area contributed by atoms with Crippen LogP contribution >= 0.6 is 0 Å². The second-order valence-electron chi connectivity index (χ2n) is 4.29. The maximum atomic E-state index is 11.3. The second-order valence-corrected chi connectivity index (χ2v) is 4.29. The number of nitrogens with one attached hydrogen (secondary N) is 1. The normalized spacial score (nSPS) is 18.8. The fourth-order valence-electron chi connectivity index (χ4n) is 2.38. The third kappa shape index (κ3) is 1.41. The van der Waals surface area contributed by atoms with E-state index in [1.807, 2.05) is 10.6 Å². The number of carbonyl (C=O) groups is 1. The van der Waals surface area contributed by atoms with Gasteiger partial charge in [-0.15, -0.1) is 0 Å². The number of anilines is 1. The number of hydrogen-bond donors (Lipinski definition) is 2. The summed E-state index contributed by atoms with van der Waals surface area (Å²) in [6.07, 6.45) is 0.395. The third-order valence-electron chi connectivity index (χ3n) is 3.19. The highest BCUT2D eigenvalue weighted by Crippen LogP contribution is 2.28. The molecule has 2 heterocycles. The Hall–Kier alpha value is -2.55. The van der Waals surface area contributed by atoms with Gasteiger partial charge in [-0.05, 0) is 12.1 Å². The van der Waals surface area contributed by atoms with E-state index in [9.17, 15) is 4.79 Å². The van der Waals surface area contributed by atoms with E-state index in [1.54, 1.807) is 12.1 Å². The molecule has 1 aliphatic rings. The minimum absolute atomic E-state index is 0.0117. The molecule has 0 aliphatic carbocycles. The van der Waals surface area contributed by atoms with Gasteiger partial charge in [-0.1, -0.05) is 6.07 Å². The van der Waals surface area contributed by atoms with Crippen molar-refractivity contribution in [3.05, 3.63) is 23.8 Å². The number of para-hydroxylation sites is 1. The molecule has 1 aromatic carbocycles. The van der Waals surface area contributed by atoms with Gasteiger partial charge in [-0.2, -0.15) is 5.26 Å². The van der Waals surface area contributed by atoms with E-state index in [1.165, 1.54) is 0 Å². The maximum absolute atomic E-state index is 11.3. The van der Waals surface area contributed by atoms with Crippen LogP contribution < -0.4 is 11.1 Å². The highest BCUT2D eigenvalue weighted by Gasteiger charge is 2.26. The minimum atomic E-state index is -0.0311. The van der Waals surface area contributed by atoms with Crippen LogP contribution in [-0.2, 0) is 4.79 Å². The molecule has 1 fully saturated rings. The fourth-order valence-corrected chi connectivity index (χ4v) is 2.38. The lowest BCUT2D eigenvalue weighted by molar-refractivity contribution is -0.119. The first-order valence-corrected chi connectivity index (χ1v) is 5.64. The van der Waals surface area contributed by atoms with Crippen LogP contribution in [0.25, 0.3) is 11.0 Å². The summed E-state index contributed by atoms with van der Waals surface area (Å²) in [6, 6.07) is 7.43. The van der Waals surface area contributed by atoms with Crippen molar-refractivity contribution in [3.8, 4) is 6.07 Å². The summed E-state index contributed by atoms with van der Waals surface area (Å²) in [5.74, 6) is 0.354. The molecule has 2 aromatic rings. The summed E-state index contributed by atoms with van der Waals surface area (Å²) < 4.78 is 1.83. The molecule has 1 amide bonds. The van der Waals surface area contributed by atoms with Crippen LogP contribution in [-0.4, -0.2) is 22.0 Å². The summed E-state index contributed by atoms with van der Waals surface area (Å²) in [4.78, 5) is 15.5. The van der Waals surface area contributed by atoms with E-state index in [-0.39, 0.29) is 11.9 Å². The highest BCUT2D eigenvalue weighted by molar-refractivity contribution is 5.85. The number of hydrogen-bond acceptors (Lipinski definition) is 4. The van der Waals surface area contributed by atoms with Crippen molar-refractivity contribution in [1.82, 2.24) is 14.9 Å². The van der Waals surface area contributed by atoms with E-state index < -0.39 is 0 Å². The molecule has 6 heteroatoms. The topological polar surface area (TPSA) is 96.7 Å². The number of imidazole rings is 1. The van der Waals surface area contributed by atoms with Crippen molar-refractivity contribution in [1.29, 1.82) is 5.26 Å². The second kappa shape index (κ2) is 3.74. The predicted molar refractivity (Wildman–Crippen MR) is 65.5 cm³/mol. The van der Waals surface area contributed by atoms with Crippen LogP contribution in [0.15, 0.2) is 18.2 Å². The average molecular weight is 241 g/mol. The Balaban J connectivity index is 2.21. The Morgan fingerprint density at radius 2 is 2.39 bits per heavy atom. The molecule has 0 radical (unpaired) electrons. The Bertz CT molecular complexity index is 682. The van der Waals surface area contributed by atoms with Gasteiger partial charge in [0.05, 0.1) is 17.1 Å². The standard InChI is InChI=1S/C12H11N5O/c13-5-7-2-1-3-9-11(7)16-12(14)17(9)8-4-10(18)15-6-8/h1-3,8H,4,6H2,(H2,14,16)(H,15,18). The van der Waals surface area contributed by atoms with Gasteiger partial charge in [0.2, 0.25) is 11.9 Å². The molecule has 3 N–H and O–H groups in total. The molecule has 1 saturated heterocycles. The number of amides is 1. The highest BCUT2D eigenvalue weighted by atomic mass is 16.1. The van der Waals surface area contributed by atoms with Crippen LogP contribution in [0.1, 0.15) is 18.0 Å². The molecule has 1 unspecified atom stereocenters. The fraction of sp³-hybridized carbons (Fsp3) is 0.250. The lowest BCUT2D eigenvalue weighted by Gasteiger charge is -2.12. The van der Waals surface area contributed by atoms with Crippen molar-refractivity contribution >= 4 is 22.9 Å². The zero-order valence-corrected chi connectivity index (χ0v) is 9.55. The number of nitrogen functional groups attached to an aromatic ring is 1. The number of nitrogens with two attached hydrogens (primary N) is 1. The van der Waals surface area contributed by atoms with Crippen molar-refractivity contribution in [2.24, 2.45) is 0 Å². The molecule has 90 valence electrons. The number of rotatable bonds is 1. The van der Waals surface area contributed by atoms with E-state index in [4.69, 9.17) is 11.0 Å². The van der Waals surface area contributed by atoms with Gasteiger partial charge in [-0.25, -0.2) is 4.98 Å². The lowest BCUT2D eigenvalue weighted by atomic mass is 10.2. The van der Waals surface area contributed by atoms with Crippen LogP contribution in [0.5, 0.6) is 0 Å². The summed E-state index contributed by atoms with van der Waals surface area (Å²) >= 11 is 0. The van der Waals surface area contributed by atoms with E-state index in [0.29, 0.717) is 30.0 Å². The molecular formula is C12H11N5O. The quantitative estimate of drug-likeness (QED) is 0.762. The maximum Gasteiger partial charge on any atom is 0.222 e. The van der Waals surface area contributed by atoms with Crippen LogP contribution in [0, 0.1) is 11.3 Å². The Morgan fingerprint density at radius 1 is 1.56 bits per heavy atom. The smallest absolute Gasteiger partial charge is 0.222 e. The van der Waals surface area contributed by atoms with Gasteiger partial charge >= 0.3 is 0 Å². The number of nitriles is 1. The molecule has 6 nitrogen and oxygen atoms in total. The number of carbonyl (C=O) groups excluding carboxylic acids is 1. The van der Waals surface area contributed by atoms with E-state index >= 15 is 0 Å². The van der Waals surface area contributed by atoms with Crippen LogP contribution in [0.2, 0.25) is 0 Å². The SMILES string of the molecule is N#Cc1cccc2c1nc(N)n2C1CNC(=O)C1. The minimum Gasteiger partial charge on any atom is -0.369 e. The summed E-state index contributed by atoms with van der Waals surface area (Å²) in [6.45, 7) is 0.547. The largest absolute Gasteiger partial charge is 0.369 e. The lowest BCUT2D eigenvalue weighted by Crippen LogP contribution is -2.16. The van der Waals surface area contributed by atoms with Crippen molar-refractivity contribution in [2.75, 3.05) is 12.3 Å². The monoisotopic (exact) mass is 241 g/mol. The Labute approximate surface area is 103 Å². The first-order valence-electron chi connectivity index (χ1n) is 5.64. The third-order valence-corrected chi connectivity index (χ3v) is 3.19.